The van der Waals surface area contributed by atoms with E-state index in [9.17, 15) is 25.2 Å². The Morgan fingerprint density at radius 2 is 1.73 bits per heavy atom. The van der Waals surface area contributed by atoms with Gasteiger partial charge in [-0.15, -0.1) is 0 Å². The summed E-state index contributed by atoms with van der Waals surface area (Å²) in [4.78, 5) is 13.3. The molecular weight excluding hydrogens is 388 g/mol. The maximum atomic E-state index is 13.3. The van der Waals surface area contributed by atoms with Crippen LogP contribution in [-0.2, 0) is 14.3 Å². The van der Waals surface area contributed by atoms with Gasteiger partial charge < -0.3 is 29.9 Å². The van der Waals surface area contributed by atoms with Crippen molar-refractivity contribution in [2.45, 2.75) is 76.3 Å². The number of ether oxygens (including phenoxy) is 2. The third-order valence-electron chi connectivity index (χ3n) is 8.98. The molecule has 4 aliphatic carbocycles. The Labute approximate surface area is 176 Å². The molecule has 30 heavy (non-hydrogen) atoms. The van der Waals surface area contributed by atoms with E-state index >= 15 is 0 Å². The van der Waals surface area contributed by atoms with Gasteiger partial charge in [0.2, 0.25) is 0 Å². The van der Waals surface area contributed by atoms with Crippen molar-refractivity contribution in [2.24, 2.45) is 29.1 Å². The third kappa shape index (κ3) is 2.01. The lowest BCUT2D eigenvalue weighted by molar-refractivity contribution is -0.289. The fourth-order valence-corrected chi connectivity index (χ4v) is 7.17. The van der Waals surface area contributed by atoms with Crippen LogP contribution in [-0.4, -0.2) is 67.6 Å². The molecule has 3 fully saturated rings. The summed E-state index contributed by atoms with van der Waals surface area (Å²) < 4.78 is 11.9. The molecule has 7 nitrogen and oxygen atoms in total. The second kappa shape index (κ2) is 5.45. The molecule has 1 heterocycles. The molecule has 2 saturated carbocycles. The minimum atomic E-state index is -2.01. The molecule has 1 unspecified atom stereocenters. The molecular formula is C23H32O7. The van der Waals surface area contributed by atoms with E-state index in [4.69, 9.17) is 9.47 Å². The summed E-state index contributed by atoms with van der Waals surface area (Å²) in [5.41, 5.74) is -4.70. The Balaban J connectivity index is 1.76. The molecule has 0 amide bonds. The second-order valence-corrected chi connectivity index (χ2v) is 11.1. The molecule has 1 aliphatic heterocycles. The minimum absolute atomic E-state index is 0.147. The van der Waals surface area contributed by atoms with Crippen LogP contribution in [0.15, 0.2) is 23.3 Å². The van der Waals surface area contributed by atoms with Gasteiger partial charge >= 0.3 is 0 Å². The van der Waals surface area contributed by atoms with Gasteiger partial charge in [-0.3, -0.25) is 4.79 Å². The lowest BCUT2D eigenvalue weighted by Crippen LogP contribution is -2.68. The van der Waals surface area contributed by atoms with Gasteiger partial charge in [0.15, 0.2) is 17.2 Å². The molecule has 0 spiro atoms. The lowest BCUT2D eigenvalue weighted by Gasteiger charge is -2.52. The Morgan fingerprint density at radius 1 is 1.10 bits per heavy atom. The van der Waals surface area contributed by atoms with E-state index < -0.39 is 69.7 Å². The van der Waals surface area contributed by atoms with Crippen molar-refractivity contribution >= 4 is 5.78 Å². The largest absolute Gasteiger partial charge is 0.390 e. The normalized spacial score (nSPS) is 55.3. The number of fused-ring (bicyclic) bond motifs is 7. The molecule has 166 valence electrons. The average molecular weight is 421 g/mol. The van der Waals surface area contributed by atoms with E-state index in [0.717, 1.165) is 0 Å². The topological polar surface area (TPSA) is 116 Å². The van der Waals surface area contributed by atoms with Gasteiger partial charge in [-0.1, -0.05) is 32.9 Å². The van der Waals surface area contributed by atoms with E-state index in [-0.39, 0.29) is 6.61 Å². The van der Waals surface area contributed by atoms with Gasteiger partial charge in [-0.05, 0) is 31.9 Å². The van der Waals surface area contributed by atoms with Crippen molar-refractivity contribution in [2.75, 3.05) is 6.61 Å². The Hall–Kier alpha value is -1.09. The number of rotatable bonds is 0. The van der Waals surface area contributed by atoms with Crippen LogP contribution in [0.25, 0.3) is 0 Å². The summed E-state index contributed by atoms with van der Waals surface area (Å²) in [5.74, 6) is -4.29. The molecule has 5 aliphatic rings. The van der Waals surface area contributed by atoms with E-state index in [2.05, 4.69) is 0 Å². The first-order chi connectivity index (χ1) is 13.6. The van der Waals surface area contributed by atoms with Crippen molar-refractivity contribution in [3.05, 3.63) is 23.3 Å². The standard InChI is InChI=1S/C23H32O7/c1-10-7-14-21(26)11(2)17(25)23(28)15(19(23,3)4)13(21)8-12-9-29-20(5,6)30-18(12)22(14,27)16(10)24/h7-8,11,13-15,17-18,25-28H,9H2,1-6H3/t11-,13?,14+,15-,17-,18-,21-,22-,23-/m1/s1. The number of ketones is 1. The van der Waals surface area contributed by atoms with Crippen molar-refractivity contribution in [1.29, 1.82) is 0 Å². The highest BCUT2D eigenvalue weighted by Crippen LogP contribution is 2.75. The van der Waals surface area contributed by atoms with Gasteiger partial charge in [0.1, 0.15) is 11.7 Å². The van der Waals surface area contributed by atoms with E-state index in [1.165, 1.54) is 0 Å². The number of Topliss-reactive ketones (excluding diaryl/α,β-unsaturated/α-hetero) is 1. The van der Waals surface area contributed by atoms with Gasteiger partial charge in [-0.2, -0.15) is 0 Å². The van der Waals surface area contributed by atoms with Crippen LogP contribution in [0.5, 0.6) is 0 Å². The van der Waals surface area contributed by atoms with Gasteiger partial charge in [0, 0.05) is 29.1 Å². The third-order valence-corrected chi connectivity index (χ3v) is 8.98. The van der Waals surface area contributed by atoms with Crippen molar-refractivity contribution in [3.8, 4) is 0 Å². The van der Waals surface area contributed by atoms with E-state index in [1.54, 1.807) is 33.8 Å². The first-order valence-corrected chi connectivity index (χ1v) is 10.8. The zero-order valence-corrected chi connectivity index (χ0v) is 18.3. The number of carbonyl (C=O) groups excluding carboxylic acids is 1. The summed E-state index contributed by atoms with van der Waals surface area (Å²) in [5, 5.41) is 46.6. The number of aliphatic hydroxyl groups is 4. The highest BCUT2D eigenvalue weighted by atomic mass is 16.7. The molecule has 7 heteroatoms. The van der Waals surface area contributed by atoms with Crippen LogP contribution in [0.1, 0.15) is 41.5 Å². The number of hydrogen-bond donors (Lipinski definition) is 4. The number of hydrogen-bond acceptors (Lipinski definition) is 7. The van der Waals surface area contributed by atoms with Crippen LogP contribution >= 0.6 is 0 Å². The predicted octanol–water partition coefficient (Wildman–Crippen LogP) is 0.699. The summed E-state index contributed by atoms with van der Waals surface area (Å²) in [6, 6.07) is 0. The molecule has 9 atom stereocenters. The number of carbonyl (C=O) groups is 1. The molecule has 0 aromatic heterocycles. The lowest BCUT2D eigenvalue weighted by atomic mass is 9.59. The van der Waals surface area contributed by atoms with Crippen LogP contribution in [0.2, 0.25) is 0 Å². The number of aliphatic hydroxyl groups excluding tert-OH is 1. The second-order valence-electron chi connectivity index (χ2n) is 11.1. The highest BCUT2D eigenvalue weighted by Gasteiger charge is 2.84. The monoisotopic (exact) mass is 420 g/mol. The summed E-state index contributed by atoms with van der Waals surface area (Å²) in [7, 11) is 0. The maximum absolute atomic E-state index is 13.3. The van der Waals surface area contributed by atoms with Crippen LogP contribution in [0.4, 0.5) is 0 Å². The summed E-state index contributed by atoms with van der Waals surface area (Å²) in [6.07, 6.45) is 1.28. The Kier molecular flexibility index (Phi) is 3.78. The summed E-state index contributed by atoms with van der Waals surface area (Å²) in [6.45, 7) is 10.7. The molecule has 4 N–H and O–H groups in total. The van der Waals surface area contributed by atoms with Crippen molar-refractivity contribution in [1.82, 2.24) is 0 Å². The zero-order valence-electron chi connectivity index (χ0n) is 18.3. The van der Waals surface area contributed by atoms with E-state index in [1.807, 2.05) is 19.9 Å². The van der Waals surface area contributed by atoms with Gasteiger partial charge in [0.05, 0.1) is 18.3 Å². The maximum Gasteiger partial charge on any atom is 0.193 e. The SMILES string of the molecule is CC1=C[C@@H]2[C@@](O)(C1=O)[C@@H]1OC(C)(C)OCC1=CC1[C@@H]3C(C)(C)[C@]3(O)[C@H](O)[C@@H](C)[C@@]12O. The van der Waals surface area contributed by atoms with Crippen LogP contribution in [0.3, 0.4) is 0 Å². The predicted molar refractivity (Wildman–Crippen MR) is 106 cm³/mol. The van der Waals surface area contributed by atoms with Crippen molar-refractivity contribution in [3.63, 3.8) is 0 Å². The quantitative estimate of drug-likeness (QED) is 0.426. The highest BCUT2D eigenvalue weighted by molar-refractivity contribution is 6.05. The Morgan fingerprint density at radius 3 is 2.37 bits per heavy atom. The summed E-state index contributed by atoms with van der Waals surface area (Å²) >= 11 is 0. The van der Waals surface area contributed by atoms with E-state index in [0.29, 0.717) is 11.1 Å². The molecule has 0 aromatic carbocycles. The Bertz CT molecular complexity index is 903. The van der Waals surface area contributed by atoms with Gasteiger partial charge in [-0.25, -0.2) is 0 Å². The molecule has 1 saturated heterocycles. The first-order valence-electron chi connectivity index (χ1n) is 10.8. The van der Waals surface area contributed by atoms with Crippen LogP contribution in [0, 0.1) is 29.1 Å². The smallest absolute Gasteiger partial charge is 0.193 e. The first kappa shape index (κ1) is 20.8. The minimum Gasteiger partial charge on any atom is -0.390 e. The molecule has 5 rings (SSSR count). The van der Waals surface area contributed by atoms with Crippen molar-refractivity contribution < 1.29 is 34.7 Å². The molecule has 0 aromatic rings. The fourth-order valence-electron chi connectivity index (χ4n) is 7.17. The molecule has 0 radical (unpaired) electrons. The zero-order chi connectivity index (χ0) is 22.2. The van der Waals surface area contributed by atoms with Gasteiger partial charge in [0.25, 0.3) is 0 Å². The fraction of sp³-hybridized carbons (Fsp3) is 0.783. The average Bonchev–Trinajstić information content (AvgIpc) is 3.03. The van der Waals surface area contributed by atoms with Crippen LogP contribution < -0.4 is 0 Å². The molecule has 0 bridgehead atoms.